The summed E-state index contributed by atoms with van der Waals surface area (Å²) in [4.78, 5) is 40.6. The van der Waals surface area contributed by atoms with Crippen LogP contribution in [0.25, 0.3) is 22.2 Å². The van der Waals surface area contributed by atoms with Gasteiger partial charge < -0.3 is 25.4 Å². The highest BCUT2D eigenvalue weighted by Crippen LogP contribution is 2.33. The van der Waals surface area contributed by atoms with E-state index < -0.39 is 5.82 Å². The summed E-state index contributed by atoms with van der Waals surface area (Å²) in [6, 6.07) is 13.4. The zero-order valence-corrected chi connectivity index (χ0v) is 21.2. The minimum atomic E-state index is -0.410. The van der Waals surface area contributed by atoms with Crippen molar-refractivity contribution in [2.45, 2.75) is 12.5 Å². The molecule has 1 aliphatic heterocycles. The van der Waals surface area contributed by atoms with Crippen LogP contribution < -0.4 is 21.1 Å². The highest BCUT2D eigenvalue weighted by molar-refractivity contribution is 6.02. The zero-order valence-electron chi connectivity index (χ0n) is 21.2. The minimum Gasteiger partial charge on any atom is -0.369 e. The van der Waals surface area contributed by atoms with Crippen molar-refractivity contribution in [1.82, 2.24) is 19.9 Å². The van der Waals surface area contributed by atoms with Crippen LogP contribution in [0.5, 0.6) is 0 Å². The maximum Gasteiger partial charge on any atom is 0.249 e. The summed E-state index contributed by atoms with van der Waals surface area (Å²) in [5.74, 6) is -0.445. The van der Waals surface area contributed by atoms with E-state index >= 15 is 0 Å². The molecule has 1 fully saturated rings. The van der Waals surface area contributed by atoms with Crippen molar-refractivity contribution in [3.05, 3.63) is 83.6 Å². The number of pyridine rings is 1. The molecule has 1 amide bonds. The Labute approximate surface area is 219 Å². The van der Waals surface area contributed by atoms with Crippen molar-refractivity contribution in [3.63, 3.8) is 0 Å². The van der Waals surface area contributed by atoms with Crippen molar-refractivity contribution in [3.8, 4) is 11.1 Å². The Balaban J connectivity index is 1.50. The number of likely N-dealkylation sites (tertiary alicyclic amines) is 1. The van der Waals surface area contributed by atoms with Gasteiger partial charge in [0.05, 0.1) is 23.1 Å². The van der Waals surface area contributed by atoms with E-state index in [1.807, 2.05) is 25.2 Å². The quantitative estimate of drug-likeness (QED) is 0.319. The predicted molar refractivity (Wildman–Crippen MR) is 148 cm³/mol. The Kier molecular flexibility index (Phi) is 6.89. The number of anilines is 4. The van der Waals surface area contributed by atoms with E-state index in [4.69, 9.17) is 0 Å². The molecule has 1 saturated heterocycles. The molecule has 9 nitrogen and oxygen atoms in total. The number of fused-ring (bicyclic) bond motifs is 1. The molecule has 1 atom stereocenters. The number of aromatic nitrogens is 3. The van der Waals surface area contributed by atoms with E-state index in [1.54, 1.807) is 12.1 Å². The first-order chi connectivity index (χ1) is 18.3. The van der Waals surface area contributed by atoms with E-state index in [0.717, 1.165) is 25.2 Å². The Morgan fingerprint density at radius 2 is 2.11 bits per heavy atom. The van der Waals surface area contributed by atoms with Gasteiger partial charge in [-0.15, -0.1) is 0 Å². The van der Waals surface area contributed by atoms with Crippen LogP contribution in [0.2, 0.25) is 0 Å². The third-order valence-electron chi connectivity index (χ3n) is 6.70. The molecule has 3 heterocycles. The van der Waals surface area contributed by atoms with Crippen LogP contribution in [-0.4, -0.2) is 59.0 Å². The van der Waals surface area contributed by atoms with Crippen molar-refractivity contribution >= 4 is 40.0 Å². The molecule has 2 aromatic carbocycles. The number of benzene rings is 2. The average Bonchev–Trinajstić information content (AvgIpc) is 3.34. The molecular weight excluding hydrogens is 485 g/mol. The molecule has 0 radical (unpaired) electrons. The van der Waals surface area contributed by atoms with Gasteiger partial charge in [0.25, 0.3) is 0 Å². The standard InChI is InChI=1S/C28H28FN7O2/c1-4-25(37)32-22-13-19(8-9-24(22)36(3)20-10-11-35(2)16-20)31-28-30-15-23-27(34-28)21(14-26(38)33-23)17-6-5-7-18(29)12-17/h4-9,12-15,20H,1,10-11,16H2,2-3H3,(H,32,37)(H,33,38)(H,30,31,34). The molecule has 0 spiro atoms. The van der Waals surface area contributed by atoms with Crippen molar-refractivity contribution in [2.24, 2.45) is 0 Å². The second-order valence-corrected chi connectivity index (χ2v) is 9.38. The van der Waals surface area contributed by atoms with Gasteiger partial charge in [0.1, 0.15) is 11.3 Å². The van der Waals surface area contributed by atoms with Gasteiger partial charge in [-0.05, 0) is 62.0 Å². The first-order valence-corrected chi connectivity index (χ1v) is 12.2. The second-order valence-electron chi connectivity index (χ2n) is 9.38. The van der Waals surface area contributed by atoms with Crippen LogP contribution in [0.15, 0.2) is 72.2 Å². The van der Waals surface area contributed by atoms with Gasteiger partial charge in [-0.2, -0.15) is 0 Å². The van der Waals surface area contributed by atoms with Crippen molar-refractivity contribution in [2.75, 3.05) is 42.7 Å². The second kappa shape index (κ2) is 10.4. The van der Waals surface area contributed by atoms with E-state index in [0.29, 0.717) is 39.6 Å². The smallest absolute Gasteiger partial charge is 0.249 e. The topological polar surface area (TPSA) is 106 Å². The van der Waals surface area contributed by atoms with Gasteiger partial charge in [0, 0.05) is 37.0 Å². The molecule has 0 bridgehead atoms. The normalized spacial score (nSPS) is 15.4. The zero-order chi connectivity index (χ0) is 26.8. The van der Waals surface area contributed by atoms with Gasteiger partial charge in [-0.3, -0.25) is 9.59 Å². The summed E-state index contributed by atoms with van der Waals surface area (Å²) in [6.07, 6.45) is 3.77. The first-order valence-electron chi connectivity index (χ1n) is 12.2. The Hall–Kier alpha value is -4.57. The number of carbonyl (C=O) groups excluding carboxylic acids is 1. The van der Waals surface area contributed by atoms with E-state index in [2.05, 4.69) is 49.0 Å². The molecule has 0 saturated carbocycles. The van der Waals surface area contributed by atoms with Gasteiger partial charge in [0.15, 0.2) is 0 Å². The maximum atomic E-state index is 13.9. The molecule has 38 heavy (non-hydrogen) atoms. The lowest BCUT2D eigenvalue weighted by Crippen LogP contribution is -2.34. The number of nitrogens with one attached hydrogen (secondary N) is 3. The number of nitrogens with zero attached hydrogens (tertiary/aromatic N) is 4. The molecule has 0 aliphatic carbocycles. The van der Waals surface area contributed by atoms with Gasteiger partial charge in [0.2, 0.25) is 17.4 Å². The fourth-order valence-electron chi connectivity index (χ4n) is 4.74. The Bertz CT molecular complexity index is 1590. The number of halogens is 1. The van der Waals surface area contributed by atoms with Crippen LogP contribution >= 0.6 is 0 Å². The monoisotopic (exact) mass is 513 g/mol. The molecule has 1 aliphatic rings. The third kappa shape index (κ3) is 5.25. The van der Waals surface area contributed by atoms with E-state index in [-0.39, 0.29) is 17.4 Å². The van der Waals surface area contributed by atoms with Crippen LogP contribution in [0.1, 0.15) is 6.42 Å². The summed E-state index contributed by atoms with van der Waals surface area (Å²) in [5.41, 5.74) is 3.75. The van der Waals surface area contributed by atoms with Gasteiger partial charge in [-0.25, -0.2) is 14.4 Å². The molecule has 10 heteroatoms. The van der Waals surface area contributed by atoms with Crippen LogP contribution in [0.3, 0.4) is 0 Å². The molecule has 5 rings (SSSR count). The molecule has 194 valence electrons. The largest absolute Gasteiger partial charge is 0.369 e. The molecule has 2 aromatic heterocycles. The minimum absolute atomic E-state index is 0.279. The number of likely N-dealkylation sites (N-methyl/N-ethyl adjacent to an activating group) is 2. The first kappa shape index (κ1) is 25.1. The maximum absolute atomic E-state index is 13.9. The highest BCUT2D eigenvalue weighted by Gasteiger charge is 2.25. The van der Waals surface area contributed by atoms with Gasteiger partial charge in [-0.1, -0.05) is 18.7 Å². The number of hydrogen-bond donors (Lipinski definition) is 3. The molecular formula is C28H28FN7O2. The highest BCUT2D eigenvalue weighted by atomic mass is 19.1. The van der Waals surface area contributed by atoms with Crippen LogP contribution in [0, 0.1) is 5.82 Å². The molecule has 4 aromatic rings. The summed E-state index contributed by atoms with van der Waals surface area (Å²) < 4.78 is 13.9. The fraction of sp³-hybridized carbons (Fsp3) is 0.214. The number of hydrogen-bond acceptors (Lipinski definition) is 7. The van der Waals surface area contributed by atoms with E-state index in [1.165, 1.54) is 30.5 Å². The number of carbonyl (C=O) groups is 1. The van der Waals surface area contributed by atoms with Crippen molar-refractivity contribution in [1.29, 1.82) is 0 Å². The molecule has 3 N–H and O–H groups in total. The number of H-pyrrole nitrogens is 1. The number of aromatic amines is 1. The lowest BCUT2D eigenvalue weighted by atomic mass is 10.1. The van der Waals surface area contributed by atoms with Crippen LogP contribution in [0.4, 0.5) is 27.4 Å². The third-order valence-corrected chi connectivity index (χ3v) is 6.70. The molecule has 1 unspecified atom stereocenters. The van der Waals surface area contributed by atoms with Crippen molar-refractivity contribution < 1.29 is 9.18 Å². The Morgan fingerprint density at radius 1 is 1.26 bits per heavy atom. The lowest BCUT2D eigenvalue weighted by molar-refractivity contribution is -0.111. The SMILES string of the molecule is C=CC(=O)Nc1cc(Nc2ncc3[nH]c(=O)cc(-c4cccc(F)c4)c3n2)ccc1N(C)C1CCN(C)C1. The summed E-state index contributed by atoms with van der Waals surface area (Å²) in [7, 11) is 4.12. The average molecular weight is 514 g/mol. The predicted octanol–water partition coefficient (Wildman–Crippen LogP) is 4.13. The number of amides is 1. The summed E-state index contributed by atoms with van der Waals surface area (Å²) >= 11 is 0. The summed E-state index contributed by atoms with van der Waals surface area (Å²) in [6.45, 7) is 5.52. The van der Waals surface area contributed by atoms with Gasteiger partial charge >= 0.3 is 0 Å². The lowest BCUT2D eigenvalue weighted by Gasteiger charge is -2.29. The fourth-order valence-corrected chi connectivity index (χ4v) is 4.74. The Morgan fingerprint density at radius 3 is 2.84 bits per heavy atom. The van der Waals surface area contributed by atoms with Crippen LogP contribution in [-0.2, 0) is 4.79 Å². The van der Waals surface area contributed by atoms with E-state index in [9.17, 15) is 14.0 Å². The number of rotatable bonds is 7. The summed E-state index contributed by atoms with van der Waals surface area (Å²) in [5, 5.41) is 6.09.